The number of rotatable bonds is 4. The van der Waals surface area contributed by atoms with Crippen LogP contribution in [-0.2, 0) is 21.2 Å². The first-order chi connectivity index (χ1) is 11.6. The molecule has 1 aliphatic heterocycles. The number of hydrogen-bond donors (Lipinski definition) is 1. The van der Waals surface area contributed by atoms with Gasteiger partial charge in [0.15, 0.2) is 5.03 Å². The topological polar surface area (TPSA) is 99.3 Å². The predicted molar refractivity (Wildman–Crippen MR) is 86.5 cm³/mol. The number of nitrogens with one attached hydrogen (secondary N) is 1. The molecule has 3 heterocycles. The first kappa shape index (κ1) is 16.6. The number of hydrogen-bond acceptors (Lipinski definition) is 5. The van der Waals surface area contributed by atoms with Gasteiger partial charge < -0.3 is 9.88 Å². The van der Waals surface area contributed by atoms with Crippen molar-refractivity contribution in [3.8, 4) is 0 Å². The molecule has 0 radical (unpaired) electrons. The van der Waals surface area contributed by atoms with Crippen LogP contribution in [0.1, 0.15) is 12.0 Å². The molecule has 9 heteroatoms. The van der Waals surface area contributed by atoms with Crippen molar-refractivity contribution < 1.29 is 13.2 Å². The largest absolute Gasteiger partial charge is 0.341 e. The van der Waals surface area contributed by atoms with Crippen LogP contribution in [0.2, 0.25) is 0 Å². The first-order valence-corrected chi connectivity index (χ1v) is 9.16. The van der Waals surface area contributed by atoms with E-state index < -0.39 is 10.0 Å². The molecule has 24 heavy (non-hydrogen) atoms. The van der Waals surface area contributed by atoms with Gasteiger partial charge in [-0.25, -0.2) is 13.4 Å². The molecular formula is C15H19N5O3S. The molecule has 1 saturated heterocycles. The highest BCUT2D eigenvalue weighted by atomic mass is 32.2. The fourth-order valence-corrected chi connectivity index (χ4v) is 4.06. The molecule has 1 fully saturated rings. The van der Waals surface area contributed by atoms with Gasteiger partial charge in [0, 0.05) is 38.6 Å². The van der Waals surface area contributed by atoms with Gasteiger partial charge in [0.05, 0.1) is 18.9 Å². The fourth-order valence-electron chi connectivity index (χ4n) is 2.70. The lowest BCUT2D eigenvalue weighted by atomic mass is 10.2. The van der Waals surface area contributed by atoms with Gasteiger partial charge in [-0.2, -0.15) is 4.31 Å². The van der Waals surface area contributed by atoms with Crippen LogP contribution in [0.3, 0.4) is 0 Å². The summed E-state index contributed by atoms with van der Waals surface area (Å²) in [6, 6.07) is 3.65. The monoisotopic (exact) mass is 349 g/mol. The van der Waals surface area contributed by atoms with Gasteiger partial charge in [-0.15, -0.1) is 0 Å². The standard InChI is InChI=1S/C15H19N5O3S/c21-15(9-13-3-1-4-16-10-13)19-5-2-6-20(8-7-19)24(22,23)14-11-17-12-18-14/h1,3-4,10-12H,2,5-9H2,(H,17,18). The van der Waals surface area contributed by atoms with E-state index in [1.165, 1.54) is 16.8 Å². The van der Waals surface area contributed by atoms with E-state index in [0.29, 0.717) is 26.1 Å². The van der Waals surface area contributed by atoms with E-state index in [0.717, 1.165) is 5.56 Å². The van der Waals surface area contributed by atoms with E-state index in [9.17, 15) is 13.2 Å². The third-order valence-electron chi connectivity index (χ3n) is 3.98. The molecule has 0 spiro atoms. The Morgan fingerprint density at radius 1 is 1.17 bits per heavy atom. The molecule has 0 saturated carbocycles. The average molecular weight is 349 g/mol. The minimum atomic E-state index is -3.58. The summed E-state index contributed by atoms with van der Waals surface area (Å²) >= 11 is 0. The zero-order valence-electron chi connectivity index (χ0n) is 13.1. The lowest BCUT2D eigenvalue weighted by molar-refractivity contribution is -0.130. The summed E-state index contributed by atoms with van der Waals surface area (Å²) in [7, 11) is -3.58. The van der Waals surface area contributed by atoms with Crippen LogP contribution in [0, 0.1) is 0 Å². The Morgan fingerprint density at radius 2 is 2.04 bits per heavy atom. The molecule has 2 aromatic rings. The third-order valence-corrected chi connectivity index (χ3v) is 5.80. The number of amides is 1. The molecular weight excluding hydrogens is 330 g/mol. The van der Waals surface area contributed by atoms with Crippen molar-refractivity contribution in [3.63, 3.8) is 0 Å². The summed E-state index contributed by atoms with van der Waals surface area (Å²) in [5.74, 6) is -0.0104. The zero-order chi connectivity index (χ0) is 17.0. The molecule has 0 aliphatic carbocycles. The highest BCUT2D eigenvalue weighted by molar-refractivity contribution is 7.89. The number of aromatic nitrogens is 3. The van der Waals surface area contributed by atoms with Gasteiger partial charge in [0.25, 0.3) is 10.0 Å². The first-order valence-electron chi connectivity index (χ1n) is 7.72. The second-order valence-electron chi connectivity index (χ2n) is 5.59. The Labute approximate surface area is 140 Å². The lowest BCUT2D eigenvalue weighted by Gasteiger charge is -2.21. The summed E-state index contributed by atoms with van der Waals surface area (Å²) in [6.45, 7) is 1.60. The molecule has 0 atom stereocenters. The van der Waals surface area contributed by atoms with Gasteiger partial charge in [0.2, 0.25) is 5.91 Å². The van der Waals surface area contributed by atoms with Crippen molar-refractivity contribution in [2.75, 3.05) is 26.2 Å². The molecule has 1 N–H and O–H groups in total. The highest BCUT2D eigenvalue weighted by Gasteiger charge is 2.29. The molecule has 0 aromatic carbocycles. The molecule has 1 amide bonds. The molecule has 3 rings (SSSR count). The van der Waals surface area contributed by atoms with Gasteiger partial charge >= 0.3 is 0 Å². The zero-order valence-corrected chi connectivity index (χ0v) is 13.9. The van der Waals surface area contributed by atoms with Crippen molar-refractivity contribution in [3.05, 3.63) is 42.6 Å². The number of nitrogens with zero attached hydrogens (tertiary/aromatic N) is 4. The van der Waals surface area contributed by atoms with E-state index in [1.807, 2.05) is 6.07 Å². The number of sulfonamides is 1. The van der Waals surface area contributed by atoms with Crippen LogP contribution < -0.4 is 0 Å². The van der Waals surface area contributed by atoms with Crippen molar-refractivity contribution in [1.82, 2.24) is 24.2 Å². The number of pyridine rings is 1. The summed E-state index contributed by atoms with van der Waals surface area (Å²) in [5, 5.41) is 0.0811. The van der Waals surface area contributed by atoms with Crippen LogP contribution >= 0.6 is 0 Å². The summed E-state index contributed by atoms with van der Waals surface area (Å²) in [5.41, 5.74) is 0.855. The van der Waals surface area contributed by atoms with Crippen molar-refractivity contribution in [1.29, 1.82) is 0 Å². The van der Waals surface area contributed by atoms with Crippen LogP contribution in [0.25, 0.3) is 0 Å². The van der Waals surface area contributed by atoms with E-state index in [4.69, 9.17) is 0 Å². The fraction of sp³-hybridized carbons (Fsp3) is 0.400. The van der Waals surface area contributed by atoms with E-state index in [2.05, 4.69) is 15.0 Å². The number of carbonyl (C=O) groups excluding carboxylic acids is 1. The van der Waals surface area contributed by atoms with Crippen LogP contribution in [0.15, 0.2) is 42.1 Å². The van der Waals surface area contributed by atoms with Crippen LogP contribution in [0.5, 0.6) is 0 Å². The van der Waals surface area contributed by atoms with Crippen molar-refractivity contribution in [2.24, 2.45) is 0 Å². The Hall–Kier alpha value is -2.26. The minimum Gasteiger partial charge on any atom is -0.341 e. The Balaban J connectivity index is 1.64. The summed E-state index contributed by atoms with van der Waals surface area (Å²) < 4.78 is 26.4. The van der Waals surface area contributed by atoms with Gasteiger partial charge in [-0.05, 0) is 18.1 Å². The predicted octanol–water partition coefficient (Wildman–Crippen LogP) is 0.270. The third kappa shape index (κ3) is 3.62. The maximum atomic E-state index is 12.5. The van der Waals surface area contributed by atoms with E-state index in [1.54, 1.807) is 23.4 Å². The SMILES string of the molecule is O=C(Cc1cccnc1)N1CCCN(S(=O)(=O)c2cnc[nH]2)CC1. The maximum absolute atomic E-state index is 12.5. The number of imidazole rings is 1. The van der Waals surface area contributed by atoms with Crippen LogP contribution in [-0.4, -0.2) is 64.7 Å². The lowest BCUT2D eigenvalue weighted by Crippen LogP contribution is -2.38. The van der Waals surface area contributed by atoms with Gasteiger partial charge in [-0.1, -0.05) is 6.07 Å². The van der Waals surface area contributed by atoms with Crippen LogP contribution in [0.4, 0.5) is 0 Å². The number of carbonyl (C=O) groups is 1. The highest BCUT2D eigenvalue weighted by Crippen LogP contribution is 2.15. The molecule has 1 aliphatic rings. The molecule has 0 bridgehead atoms. The van der Waals surface area contributed by atoms with Gasteiger partial charge in [-0.3, -0.25) is 9.78 Å². The molecule has 128 valence electrons. The van der Waals surface area contributed by atoms with E-state index in [-0.39, 0.29) is 23.9 Å². The minimum absolute atomic E-state index is 0.0104. The molecule has 8 nitrogen and oxygen atoms in total. The average Bonchev–Trinajstić information content (AvgIpc) is 3.00. The number of H-pyrrole nitrogens is 1. The van der Waals surface area contributed by atoms with Gasteiger partial charge in [0.1, 0.15) is 0 Å². The molecule has 0 unspecified atom stereocenters. The second-order valence-corrected chi connectivity index (χ2v) is 7.50. The Bertz CT molecular complexity index is 777. The Morgan fingerprint density at radius 3 is 2.75 bits per heavy atom. The van der Waals surface area contributed by atoms with Crippen molar-refractivity contribution in [2.45, 2.75) is 17.9 Å². The quantitative estimate of drug-likeness (QED) is 0.854. The Kier molecular flexibility index (Phi) is 4.91. The summed E-state index contributed by atoms with van der Waals surface area (Å²) in [4.78, 5) is 24.5. The normalized spacial score (nSPS) is 16.8. The second kappa shape index (κ2) is 7.10. The van der Waals surface area contributed by atoms with Crippen molar-refractivity contribution >= 4 is 15.9 Å². The maximum Gasteiger partial charge on any atom is 0.260 e. The smallest absolute Gasteiger partial charge is 0.260 e. The number of aromatic amines is 1. The van der Waals surface area contributed by atoms with E-state index >= 15 is 0 Å². The molecule has 2 aromatic heterocycles. The summed E-state index contributed by atoms with van der Waals surface area (Å²) in [6.07, 6.45) is 6.86.